The van der Waals surface area contributed by atoms with Crippen LogP contribution in [0.25, 0.3) is 0 Å². The van der Waals surface area contributed by atoms with E-state index in [9.17, 15) is 4.79 Å². The fraction of sp³-hybridized carbons (Fsp3) is 0.579. The number of amides is 1. The topological polar surface area (TPSA) is 54.5 Å². The van der Waals surface area contributed by atoms with Gasteiger partial charge in [-0.25, -0.2) is 0 Å². The molecular weight excluding hydrogens is 316 g/mol. The van der Waals surface area contributed by atoms with Crippen LogP contribution in [-0.2, 0) is 17.9 Å². The van der Waals surface area contributed by atoms with E-state index in [2.05, 4.69) is 21.0 Å². The van der Waals surface area contributed by atoms with E-state index in [1.807, 2.05) is 29.9 Å². The van der Waals surface area contributed by atoms with Crippen LogP contribution in [0.15, 0.2) is 35.0 Å². The third kappa shape index (κ3) is 3.35. The van der Waals surface area contributed by atoms with Gasteiger partial charge in [-0.1, -0.05) is 0 Å². The maximum Gasteiger partial charge on any atom is 0.220 e. The Morgan fingerprint density at radius 2 is 2.28 bits per heavy atom. The summed E-state index contributed by atoms with van der Waals surface area (Å²) in [7, 11) is 0. The van der Waals surface area contributed by atoms with Gasteiger partial charge in [-0.05, 0) is 43.9 Å². The Hall–Kier alpha value is -2.08. The number of rotatable bonds is 4. The van der Waals surface area contributed by atoms with E-state index < -0.39 is 0 Å². The van der Waals surface area contributed by atoms with Gasteiger partial charge in [-0.3, -0.25) is 14.4 Å². The normalized spacial score (nSPS) is 26.8. The Balaban J connectivity index is 1.44. The molecule has 2 aromatic heterocycles. The molecule has 2 aromatic rings. The van der Waals surface area contributed by atoms with Gasteiger partial charge in [0.1, 0.15) is 11.5 Å². The third-order valence-electron chi connectivity index (χ3n) is 5.60. The molecule has 4 rings (SSSR count). The van der Waals surface area contributed by atoms with E-state index in [-0.39, 0.29) is 11.9 Å². The minimum Gasteiger partial charge on any atom is -0.465 e. The van der Waals surface area contributed by atoms with Crippen LogP contribution in [-0.4, -0.2) is 50.7 Å². The highest BCUT2D eigenvalue weighted by Crippen LogP contribution is 2.36. The van der Waals surface area contributed by atoms with Gasteiger partial charge in [0.05, 0.1) is 19.1 Å². The molecule has 134 valence electrons. The van der Waals surface area contributed by atoms with E-state index in [0.29, 0.717) is 12.0 Å². The zero-order valence-corrected chi connectivity index (χ0v) is 15.0. The summed E-state index contributed by atoms with van der Waals surface area (Å²) in [6.07, 6.45) is 5.87. The van der Waals surface area contributed by atoms with Crippen molar-refractivity contribution in [3.8, 4) is 0 Å². The molecule has 2 aliphatic heterocycles. The predicted molar refractivity (Wildman–Crippen MR) is 93.8 cm³/mol. The van der Waals surface area contributed by atoms with Crippen molar-refractivity contribution in [2.75, 3.05) is 13.1 Å². The third-order valence-corrected chi connectivity index (χ3v) is 5.60. The van der Waals surface area contributed by atoms with Crippen molar-refractivity contribution in [3.05, 3.63) is 42.1 Å². The molecule has 6 heteroatoms. The minimum atomic E-state index is 0.194. The molecule has 0 aliphatic carbocycles. The highest BCUT2D eigenvalue weighted by Gasteiger charge is 2.45. The molecule has 0 radical (unpaired) electrons. The second-order valence-electron chi connectivity index (χ2n) is 7.41. The largest absolute Gasteiger partial charge is 0.465 e. The number of piperidine rings is 1. The summed E-state index contributed by atoms with van der Waals surface area (Å²) < 4.78 is 7.68. The summed E-state index contributed by atoms with van der Waals surface area (Å²) in [5.41, 5.74) is 0. The number of carbonyl (C=O) groups is 1. The minimum absolute atomic E-state index is 0.194. The average molecular weight is 342 g/mol. The number of aryl methyl sites for hydroxylation is 1. The number of fused-ring (bicyclic) bond motifs is 1. The van der Waals surface area contributed by atoms with E-state index in [4.69, 9.17) is 4.42 Å². The molecule has 25 heavy (non-hydrogen) atoms. The first-order chi connectivity index (χ1) is 12.1. The molecule has 0 bridgehead atoms. The average Bonchev–Trinajstić information content (AvgIpc) is 3.27. The lowest BCUT2D eigenvalue weighted by atomic mass is 9.92. The van der Waals surface area contributed by atoms with E-state index >= 15 is 0 Å². The van der Waals surface area contributed by atoms with Crippen molar-refractivity contribution in [3.63, 3.8) is 0 Å². The molecule has 0 saturated carbocycles. The molecule has 0 N–H and O–H groups in total. The summed E-state index contributed by atoms with van der Waals surface area (Å²) >= 11 is 0. The monoisotopic (exact) mass is 342 g/mol. The lowest BCUT2D eigenvalue weighted by molar-refractivity contribution is -0.133. The van der Waals surface area contributed by atoms with E-state index in [0.717, 1.165) is 50.5 Å². The van der Waals surface area contributed by atoms with Crippen LogP contribution < -0.4 is 0 Å². The van der Waals surface area contributed by atoms with Crippen LogP contribution in [0, 0.1) is 12.8 Å². The Morgan fingerprint density at radius 1 is 1.40 bits per heavy atom. The molecule has 0 spiro atoms. The highest BCUT2D eigenvalue weighted by molar-refractivity contribution is 5.74. The molecule has 1 unspecified atom stereocenters. The molecule has 0 aromatic carbocycles. The van der Waals surface area contributed by atoms with Crippen LogP contribution in [0.1, 0.15) is 31.3 Å². The van der Waals surface area contributed by atoms with Crippen molar-refractivity contribution in [2.45, 2.75) is 51.9 Å². The molecule has 2 fully saturated rings. The number of hydrogen-bond donors (Lipinski definition) is 0. The second-order valence-corrected chi connectivity index (χ2v) is 7.41. The standard InChI is InChI=1S/C19H26N4O2/c1-14-4-5-18(25-14)13-21-9-6-19-16(11-21)10-17(23(19)15(2)24)12-22-8-3-7-20-22/h3-5,7-8,16-17,19H,6,9-13H2,1-2H3/t16-,17?,19+/m0/s1. The first-order valence-corrected chi connectivity index (χ1v) is 9.14. The highest BCUT2D eigenvalue weighted by atomic mass is 16.3. The SMILES string of the molecule is CC(=O)N1C(Cn2cccn2)C[C@H]2CN(Cc3ccc(C)o3)CC[C@H]21. The van der Waals surface area contributed by atoms with E-state index in [1.54, 1.807) is 13.1 Å². The quantitative estimate of drug-likeness (QED) is 0.855. The van der Waals surface area contributed by atoms with Gasteiger partial charge in [-0.2, -0.15) is 5.10 Å². The Bertz CT molecular complexity index is 724. The summed E-state index contributed by atoms with van der Waals surface area (Å²) in [4.78, 5) is 16.9. The maximum atomic E-state index is 12.3. The van der Waals surface area contributed by atoms with Gasteiger partial charge < -0.3 is 9.32 Å². The first kappa shape index (κ1) is 16.4. The van der Waals surface area contributed by atoms with Gasteiger partial charge in [0.15, 0.2) is 0 Å². The lowest BCUT2D eigenvalue weighted by Gasteiger charge is -2.38. The fourth-order valence-electron chi connectivity index (χ4n) is 4.64. The number of carbonyl (C=O) groups excluding carboxylic acids is 1. The van der Waals surface area contributed by atoms with Gasteiger partial charge >= 0.3 is 0 Å². The zero-order valence-electron chi connectivity index (χ0n) is 15.0. The van der Waals surface area contributed by atoms with Gasteiger partial charge in [0, 0.05) is 38.4 Å². The predicted octanol–water partition coefficient (Wildman–Crippen LogP) is 2.30. The smallest absolute Gasteiger partial charge is 0.220 e. The van der Waals surface area contributed by atoms with E-state index in [1.165, 1.54) is 0 Å². The molecule has 2 aliphatic rings. The lowest BCUT2D eigenvalue weighted by Crippen LogP contribution is -2.48. The molecule has 2 saturated heterocycles. The van der Waals surface area contributed by atoms with Crippen molar-refractivity contribution in [1.82, 2.24) is 19.6 Å². The Morgan fingerprint density at radius 3 is 2.96 bits per heavy atom. The summed E-state index contributed by atoms with van der Waals surface area (Å²) in [6.45, 7) is 7.38. The Labute approximate surface area is 148 Å². The summed E-state index contributed by atoms with van der Waals surface area (Å²) in [5.74, 6) is 2.73. The molecule has 3 atom stereocenters. The molecule has 4 heterocycles. The second kappa shape index (κ2) is 6.67. The van der Waals surface area contributed by atoms with Crippen LogP contribution in [0.3, 0.4) is 0 Å². The number of furan rings is 1. The maximum absolute atomic E-state index is 12.3. The van der Waals surface area contributed by atoms with Gasteiger partial charge in [0.25, 0.3) is 0 Å². The molecular formula is C19H26N4O2. The first-order valence-electron chi connectivity index (χ1n) is 9.14. The van der Waals surface area contributed by atoms with Crippen LogP contribution >= 0.6 is 0 Å². The fourth-order valence-corrected chi connectivity index (χ4v) is 4.64. The van der Waals surface area contributed by atoms with Crippen molar-refractivity contribution >= 4 is 5.91 Å². The van der Waals surface area contributed by atoms with Crippen molar-refractivity contribution in [1.29, 1.82) is 0 Å². The summed E-state index contributed by atoms with van der Waals surface area (Å²) in [5, 5.41) is 4.32. The van der Waals surface area contributed by atoms with Crippen LogP contribution in [0.2, 0.25) is 0 Å². The Kier molecular flexibility index (Phi) is 4.37. The molecule has 1 amide bonds. The van der Waals surface area contributed by atoms with Crippen molar-refractivity contribution in [2.24, 2.45) is 5.92 Å². The number of hydrogen-bond acceptors (Lipinski definition) is 4. The van der Waals surface area contributed by atoms with Crippen LogP contribution in [0.5, 0.6) is 0 Å². The van der Waals surface area contributed by atoms with Gasteiger partial charge in [0.2, 0.25) is 5.91 Å². The van der Waals surface area contributed by atoms with Gasteiger partial charge in [-0.15, -0.1) is 0 Å². The van der Waals surface area contributed by atoms with Crippen molar-refractivity contribution < 1.29 is 9.21 Å². The molecule has 6 nitrogen and oxygen atoms in total. The number of likely N-dealkylation sites (tertiary alicyclic amines) is 2. The number of aromatic nitrogens is 2. The van der Waals surface area contributed by atoms with Crippen LogP contribution in [0.4, 0.5) is 0 Å². The summed E-state index contributed by atoms with van der Waals surface area (Å²) in [6, 6.07) is 6.65. The number of nitrogens with zero attached hydrogens (tertiary/aromatic N) is 4. The zero-order chi connectivity index (χ0) is 17.4.